The van der Waals surface area contributed by atoms with Gasteiger partial charge >= 0.3 is 0 Å². The quantitative estimate of drug-likeness (QED) is 0.798. The van der Waals surface area contributed by atoms with Crippen molar-refractivity contribution in [3.8, 4) is 0 Å². The third-order valence-electron chi connectivity index (χ3n) is 1.57. The smallest absolute Gasteiger partial charge is 0.255 e. The molecule has 1 N–H and O–H groups in total. The third kappa shape index (κ3) is 3.19. The molecule has 0 radical (unpaired) electrons. The van der Waals surface area contributed by atoms with Crippen LogP contribution in [-0.2, 0) is 0 Å². The minimum atomic E-state index is -2.36. The molecular weight excluding hydrogens is 196 g/mol. The largest absolute Gasteiger partial charge is 0.378 e. The van der Waals surface area contributed by atoms with Gasteiger partial charge in [-0.2, -0.15) is 0 Å². The predicted molar refractivity (Wildman–Crippen MR) is 50.7 cm³/mol. The van der Waals surface area contributed by atoms with Crippen molar-refractivity contribution in [2.24, 2.45) is 0 Å². The first-order valence-corrected chi connectivity index (χ1v) is 4.25. The molecule has 1 rings (SSSR count). The Balaban J connectivity index is 2.67. The fraction of sp³-hybridized carbons (Fsp3) is 0.333. The van der Waals surface area contributed by atoms with Gasteiger partial charge in [0.1, 0.15) is 0 Å². The van der Waals surface area contributed by atoms with Gasteiger partial charge in [0, 0.05) is 0 Å². The molecule has 0 amide bonds. The van der Waals surface area contributed by atoms with E-state index in [1.165, 1.54) is 0 Å². The Hall–Kier alpha value is -0.830. The summed E-state index contributed by atoms with van der Waals surface area (Å²) in [5, 5.41) is 3.03. The number of hydrogen-bond donors (Lipinski definition) is 1. The summed E-state index contributed by atoms with van der Waals surface area (Å²) in [6, 6.07) is 5.25. The van der Waals surface area contributed by atoms with Crippen molar-refractivity contribution in [2.75, 3.05) is 11.9 Å². The topological polar surface area (TPSA) is 12.0 Å². The number of halogens is 3. The second-order valence-corrected chi connectivity index (χ2v) is 3.16. The summed E-state index contributed by atoms with van der Waals surface area (Å²) < 4.78 is 23.7. The first-order chi connectivity index (χ1) is 6.09. The molecule has 0 atom stereocenters. The van der Waals surface area contributed by atoms with Gasteiger partial charge < -0.3 is 5.32 Å². The summed E-state index contributed by atoms with van der Waals surface area (Å²) in [6.07, 6.45) is -2.36. The minimum absolute atomic E-state index is 0.372. The van der Waals surface area contributed by atoms with E-state index in [4.69, 9.17) is 11.6 Å². The van der Waals surface area contributed by atoms with E-state index in [9.17, 15) is 8.78 Å². The molecule has 1 aromatic rings. The van der Waals surface area contributed by atoms with E-state index < -0.39 is 6.43 Å². The normalized spacial score (nSPS) is 10.5. The number of alkyl halides is 2. The average Bonchev–Trinajstić information content (AvgIpc) is 2.02. The van der Waals surface area contributed by atoms with Crippen molar-refractivity contribution in [2.45, 2.75) is 13.3 Å². The molecule has 0 aliphatic heterocycles. The van der Waals surface area contributed by atoms with Crippen LogP contribution in [0.1, 0.15) is 5.56 Å². The van der Waals surface area contributed by atoms with Gasteiger partial charge in [-0.15, -0.1) is 0 Å². The van der Waals surface area contributed by atoms with Crippen LogP contribution in [0, 0.1) is 6.92 Å². The maximum absolute atomic E-state index is 11.8. The van der Waals surface area contributed by atoms with E-state index in [0.717, 1.165) is 5.56 Å². The highest BCUT2D eigenvalue weighted by Crippen LogP contribution is 2.22. The summed E-state index contributed by atoms with van der Waals surface area (Å²) in [6.45, 7) is 1.52. The zero-order chi connectivity index (χ0) is 9.84. The van der Waals surface area contributed by atoms with E-state index in [-0.39, 0.29) is 6.54 Å². The molecule has 0 spiro atoms. The van der Waals surface area contributed by atoms with Crippen LogP contribution >= 0.6 is 11.6 Å². The highest BCUT2D eigenvalue weighted by Gasteiger charge is 2.04. The Bertz CT molecular complexity index is 289. The molecule has 0 aromatic heterocycles. The Kier molecular flexibility index (Phi) is 3.48. The Morgan fingerprint density at radius 3 is 2.69 bits per heavy atom. The molecule has 0 saturated heterocycles. The standard InChI is InChI=1S/C9H10ClF2N/c1-6-2-3-8(7(10)4-6)13-5-9(11)12/h2-4,9,13H,5H2,1H3. The zero-order valence-electron chi connectivity index (χ0n) is 7.15. The van der Waals surface area contributed by atoms with Crippen molar-refractivity contribution in [3.05, 3.63) is 28.8 Å². The van der Waals surface area contributed by atoms with Gasteiger partial charge in [0.15, 0.2) is 0 Å². The predicted octanol–water partition coefficient (Wildman–Crippen LogP) is 3.33. The molecule has 1 nitrogen and oxygen atoms in total. The Morgan fingerprint density at radius 1 is 1.46 bits per heavy atom. The highest BCUT2D eigenvalue weighted by atomic mass is 35.5. The number of benzene rings is 1. The molecule has 0 fully saturated rings. The zero-order valence-corrected chi connectivity index (χ0v) is 7.91. The van der Waals surface area contributed by atoms with Crippen LogP contribution in [0.4, 0.5) is 14.5 Å². The van der Waals surface area contributed by atoms with Crippen LogP contribution in [0.2, 0.25) is 5.02 Å². The van der Waals surface area contributed by atoms with Crippen LogP contribution in [0.25, 0.3) is 0 Å². The fourth-order valence-electron chi connectivity index (χ4n) is 0.951. The maximum Gasteiger partial charge on any atom is 0.255 e. The second-order valence-electron chi connectivity index (χ2n) is 2.76. The molecule has 72 valence electrons. The summed E-state index contributed by atoms with van der Waals surface area (Å²) >= 11 is 5.81. The highest BCUT2D eigenvalue weighted by molar-refractivity contribution is 6.33. The molecule has 0 saturated carbocycles. The summed E-state index contributed by atoms with van der Waals surface area (Å²) in [7, 11) is 0. The molecule has 0 unspecified atom stereocenters. The van der Waals surface area contributed by atoms with Gasteiger partial charge in [0.2, 0.25) is 0 Å². The lowest BCUT2D eigenvalue weighted by Gasteiger charge is -2.07. The van der Waals surface area contributed by atoms with E-state index >= 15 is 0 Å². The lowest BCUT2D eigenvalue weighted by molar-refractivity contribution is 0.163. The summed E-state index contributed by atoms with van der Waals surface area (Å²) in [4.78, 5) is 0. The van der Waals surface area contributed by atoms with Crippen molar-refractivity contribution >= 4 is 17.3 Å². The SMILES string of the molecule is Cc1ccc(NCC(F)F)c(Cl)c1. The average molecular weight is 206 g/mol. The van der Waals surface area contributed by atoms with E-state index in [0.29, 0.717) is 10.7 Å². The van der Waals surface area contributed by atoms with Gasteiger partial charge in [-0.25, -0.2) is 8.78 Å². The van der Waals surface area contributed by atoms with Crippen molar-refractivity contribution in [1.82, 2.24) is 0 Å². The van der Waals surface area contributed by atoms with E-state index in [1.807, 2.05) is 13.0 Å². The Labute approximate surface area is 80.7 Å². The van der Waals surface area contributed by atoms with Crippen LogP contribution in [0.3, 0.4) is 0 Å². The molecule has 13 heavy (non-hydrogen) atoms. The lowest BCUT2D eigenvalue weighted by atomic mass is 10.2. The van der Waals surface area contributed by atoms with Crippen molar-refractivity contribution in [1.29, 1.82) is 0 Å². The van der Waals surface area contributed by atoms with Gasteiger partial charge in [-0.05, 0) is 24.6 Å². The van der Waals surface area contributed by atoms with Crippen LogP contribution in [0.5, 0.6) is 0 Å². The number of aryl methyl sites for hydroxylation is 1. The molecule has 0 heterocycles. The van der Waals surface area contributed by atoms with Gasteiger partial charge in [-0.3, -0.25) is 0 Å². The van der Waals surface area contributed by atoms with Gasteiger partial charge in [-0.1, -0.05) is 17.7 Å². The van der Waals surface area contributed by atoms with Crippen LogP contribution in [-0.4, -0.2) is 13.0 Å². The number of rotatable bonds is 3. The third-order valence-corrected chi connectivity index (χ3v) is 1.88. The fourth-order valence-corrected chi connectivity index (χ4v) is 1.25. The molecule has 1 aromatic carbocycles. The number of nitrogens with one attached hydrogen (secondary N) is 1. The number of anilines is 1. The number of hydrogen-bond acceptors (Lipinski definition) is 1. The lowest BCUT2D eigenvalue weighted by Crippen LogP contribution is -2.10. The molecule has 4 heteroatoms. The first-order valence-electron chi connectivity index (χ1n) is 3.88. The maximum atomic E-state index is 11.8. The van der Waals surface area contributed by atoms with Gasteiger partial charge in [0.05, 0.1) is 17.3 Å². The van der Waals surface area contributed by atoms with Crippen LogP contribution in [0.15, 0.2) is 18.2 Å². The minimum Gasteiger partial charge on any atom is -0.378 e. The monoisotopic (exact) mass is 205 g/mol. The molecular formula is C9H10ClF2N. The van der Waals surface area contributed by atoms with E-state index in [1.54, 1.807) is 12.1 Å². The molecule has 0 bridgehead atoms. The van der Waals surface area contributed by atoms with E-state index in [2.05, 4.69) is 5.32 Å². The molecule has 0 aliphatic carbocycles. The summed E-state index contributed by atoms with van der Waals surface area (Å²) in [5.74, 6) is 0. The van der Waals surface area contributed by atoms with Crippen molar-refractivity contribution < 1.29 is 8.78 Å². The summed E-state index contributed by atoms with van der Waals surface area (Å²) in [5.41, 5.74) is 1.56. The second kappa shape index (κ2) is 4.42. The van der Waals surface area contributed by atoms with Gasteiger partial charge in [0.25, 0.3) is 6.43 Å². The first kappa shape index (κ1) is 10.3. The molecule has 0 aliphatic rings. The Morgan fingerprint density at radius 2 is 2.15 bits per heavy atom. The van der Waals surface area contributed by atoms with Crippen molar-refractivity contribution in [3.63, 3.8) is 0 Å². The van der Waals surface area contributed by atoms with Crippen LogP contribution < -0.4 is 5.32 Å².